The van der Waals surface area contributed by atoms with Crippen molar-refractivity contribution in [1.29, 1.82) is 0 Å². The van der Waals surface area contributed by atoms with Gasteiger partial charge in [0.1, 0.15) is 0 Å². The molecule has 3 heterocycles. The number of rotatable bonds is 10. The molecule has 0 radical (unpaired) electrons. The maximum absolute atomic E-state index is 11.9. The standard InChI is InChI=1S/C23H29NOS2/c1-4-5-6-7-8-9-14-24-20(21-12-10-17(2)26-21)15-19(16-25)23(24)22-13-11-18(3)27-22/h10-13,15-16H,4-9,14H2,1-3H3. The molecule has 144 valence electrons. The van der Waals surface area contributed by atoms with E-state index in [0.29, 0.717) is 0 Å². The lowest BCUT2D eigenvalue weighted by Crippen LogP contribution is -2.02. The Balaban J connectivity index is 1.93. The van der Waals surface area contributed by atoms with E-state index >= 15 is 0 Å². The number of unbranched alkanes of at least 4 members (excludes halogenated alkanes) is 5. The molecule has 2 nitrogen and oxygen atoms in total. The van der Waals surface area contributed by atoms with Gasteiger partial charge in [0, 0.05) is 21.9 Å². The highest BCUT2D eigenvalue weighted by atomic mass is 32.1. The van der Waals surface area contributed by atoms with Gasteiger partial charge in [0.2, 0.25) is 0 Å². The Morgan fingerprint density at radius 3 is 2.11 bits per heavy atom. The van der Waals surface area contributed by atoms with E-state index in [2.05, 4.69) is 55.7 Å². The Labute approximate surface area is 170 Å². The normalized spacial score (nSPS) is 11.2. The van der Waals surface area contributed by atoms with Crippen molar-refractivity contribution in [2.24, 2.45) is 0 Å². The Morgan fingerprint density at radius 1 is 0.889 bits per heavy atom. The first-order valence-corrected chi connectivity index (χ1v) is 11.6. The maximum atomic E-state index is 11.9. The molecule has 0 aromatic carbocycles. The van der Waals surface area contributed by atoms with Crippen molar-refractivity contribution < 1.29 is 4.79 Å². The van der Waals surface area contributed by atoms with Crippen LogP contribution >= 0.6 is 22.7 Å². The summed E-state index contributed by atoms with van der Waals surface area (Å²) in [6.45, 7) is 7.49. The molecule has 0 N–H and O–H groups in total. The highest BCUT2D eigenvalue weighted by Gasteiger charge is 2.19. The number of hydrogen-bond acceptors (Lipinski definition) is 3. The van der Waals surface area contributed by atoms with Gasteiger partial charge in [-0.3, -0.25) is 4.79 Å². The summed E-state index contributed by atoms with van der Waals surface area (Å²) < 4.78 is 2.39. The summed E-state index contributed by atoms with van der Waals surface area (Å²) >= 11 is 3.58. The van der Waals surface area contributed by atoms with E-state index in [1.807, 2.05) is 0 Å². The van der Waals surface area contributed by atoms with Crippen LogP contribution in [0.5, 0.6) is 0 Å². The Hall–Kier alpha value is -1.65. The van der Waals surface area contributed by atoms with Crippen molar-refractivity contribution in [3.05, 3.63) is 45.6 Å². The molecule has 3 rings (SSSR count). The third-order valence-corrected chi connectivity index (χ3v) is 6.99. The Morgan fingerprint density at radius 2 is 1.52 bits per heavy atom. The average molecular weight is 400 g/mol. The average Bonchev–Trinajstić information content (AvgIpc) is 3.36. The highest BCUT2D eigenvalue weighted by molar-refractivity contribution is 7.15. The minimum atomic E-state index is 0.809. The molecule has 4 heteroatoms. The molecule has 0 amide bonds. The first-order valence-electron chi connectivity index (χ1n) is 9.96. The van der Waals surface area contributed by atoms with Crippen LogP contribution in [0.3, 0.4) is 0 Å². The summed E-state index contributed by atoms with van der Waals surface area (Å²) in [5.74, 6) is 0. The molecule has 0 saturated carbocycles. The van der Waals surface area contributed by atoms with Crippen LogP contribution in [-0.2, 0) is 6.54 Å². The number of hydrogen-bond donors (Lipinski definition) is 0. The monoisotopic (exact) mass is 399 g/mol. The van der Waals surface area contributed by atoms with Crippen molar-refractivity contribution in [3.63, 3.8) is 0 Å². The van der Waals surface area contributed by atoms with Crippen molar-refractivity contribution in [1.82, 2.24) is 4.57 Å². The second-order valence-corrected chi connectivity index (χ2v) is 9.77. The van der Waals surface area contributed by atoms with Gasteiger partial charge in [-0.05, 0) is 50.6 Å². The lowest BCUT2D eigenvalue weighted by Gasteiger charge is -2.13. The van der Waals surface area contributed by atoms with Crippen LogP contribution in [0.4, 0.5) is 0 Å². The van der Waals surface area contributed by atoms with E-state index in [1.165, 1.54) is 57.3 Å². The van der Waals surface area contributed by atoms with Crippen molar-refractivity contribution in [2.75, 3.05) is 0 Å². The molecule has 0 aliphatic carbocycles. The molecule has 0 aliphatic heterocycles. The van der Waals surface area contributed by atoms with Crippen LogP contribution in [0.25, 0.3) is 21.1 Å². The first-order chi connectivity index (χ1) is 13.1. The first kappa shape index (κ1) is 20.1. The fraction of sp³-hybridized carbons (Fsp3) is 0.435. The topological polar surface area (TPSA) is 22.0 Å². The van der Waals surface area contributed by atoms with E-state index < -0.39 is 0 Å². The predicted molar refractivity (Wildman–Crippen MR) is 119 cm³/mol. The molecular weight excluding hydrogens is 370 g/mol. The summed E-state index contributed by atoms with van der Waals surface area (Å²) in [4.78, 5) is 16.9. The minimum Gasteiger partial charge on any atom is -0.339 e. The molecule has 0 bridgehead atoms. The van der Waals surface area contributed by atoms with Gasteiger partial charge >= 0.3 is 0 Å². The van der Waals surface area contributed by atoms with Crippen LogP contribution in [0, 0.1) is 13.8 Å². The van der Waals surface area contributed by atoms with Crippen LogP contribution in [-0.4, -0.2) is 10.9 Å². The number of aldehydes is 1. The van der Waals surface area contributed by atoms with Crippen molar-refractivity contribution in [3.8, 4) is 21.1 Å². The fourth-order valence-corrected chi connectivity index (χ4v) is 5.39. The van der Waals surface area contributed by atoms with Crippen LogP contribution in [0.15, 0.2) is 30.3 Å². The number of nitrogens with zero attached hydrogens (tertiary/aromatic N) is 1. The second kappa shape index (κ2) is 9.52. The zero-order chi connectivity index (χ0) is 19.2. The fourth-order valence-electron chi connectivity index (χ4n) is 3.56. The zero-order valence-electron chi connectivity index (χ0n) is 16.6. The summed E-state index contributed by atoms with van der Waals surface area (Å²) in [5.41, 5.74) is 3.09. The number of aromatic nitrogens is 1. The van der Waals surface area contributed by atoms with Gasteiger partial charge < -0.3 is 4.57 Å². The van der Waals surface area contributed by atoms with E-state index in [0.717, 1.165) is 30.5 Å². The molecule has 3 aromatic heterocycles. The smallest absolute Gasteiger partial charge is 0.152 e. The number of carbonyl (C=O) groups is 1. The summed E-state index contributed by atoms with van der Waals surface area (Å²) in [6, 6.07) is 10.7. The molecule has 0 aliphatic rings. The van der Waals surface area contributed by atoms with Gasteiger partial charge in [0.05, 0.1) is 21.1 Å². The third kappa shape index (κ3) is 4.80. The molecule has 27 heavy (non-hydrogen) atoms. The van der Waals surface area contributed by atoms with Gasteiger partial charge in [0.25, 0.3) is 0 Å². The number of carbonyl (C=O) groups excluding carboxylic acids is 1. The van der Waals surface area contributed by atoms with Gasteiger partial charge in [-0.25, -0.2) is 0 Å². The molecular formula is C23H29NOS2. The molecule has 3 aromatic rings. The molecule has 0 saturated heterocycles. The van der Waals surface area contributed by atoms with Crippen LogP contribution in [0.2, 0.25) is 0 Å². The van der Waals surface area contributed by atoms with Gasteiger partial charge in [-0.1, -0.05) is 39.0 Å². The summed E-state index contributed by atoms with van der Waals surface area (Å²) in [6.07, 6.45) is 8.67. The summed E-state index contributed by atoms with van der Waals surface area (Å²) in [5, 5.41) is 0. The van der Waals surface area contributed by atoms with Crippen molar-refractivity contribution in [2.45, 2.75) is 65.8 Å². The van der Waals surface area contributed by atoms with E-state index in [4.69, 9.17) is 0 Å². The van der Waals surface area contributed by atoms with Crippen LogP contribution < -0.4 is 0 Å². The van der Waals surface area contributed by atoms with E-state index in [1.54, 1.807) is 22.7 Å². The predicted octanol–water partition coefficient (Wildman–Crippen LogP) is 7.73. The van der Waals surface area contributed by atoms with Crippen LogP contribution in [0.1, 0.15) is 65.6 Å². The third-order valence-electron chi connectivity index (χ3n) is 4.96. The number of aryl methyl sites for hydroxylation is 2. The van der Waals surface area contributed by atoms with E-state index in [-0.39, 0.29) is 0 Å². The van der Waals surface area contributed by atoms with E-state index in [9.17, 15) is 4.79 Å². The zero-order valence-corrected chi connectivity index (χ0v) is 18.2. The molecule has 0 fully saturated rings. The lowest BCUT2D eigenvalue weighted by atomic mass is 10.1. The quantitative estimate of drug-likeness (QED) is 0.252. The minimum absolute atomic E-state index is 0.809. The van der Waals surface area contributed by atoms with Gasteiger partial charge in [-0.15, -0.1) is 22.7 Å². The maximum Gasteiger partial charge on any atom is 0.152 e. The summed E-state index contributed by atoms with van der Waals surface area (Å²) in [7, 11) is 0. The van der Waals surface area contributed by atoms with Gasteiger partial charge in [-0.2, -0.15) is 0 Å². The van der Waals surface area contributed by atoms with Gasteiger partial charge in [0.15, 0.2) is 6.29 Å². The molecule has 0 spiro atoms. The highest BCUT2D eigenvalue weighted by Crippen LogP contribution is 2.38. The second-order valence-electron chi connectivity index (χ2n) is 7.19. The molecule has 0 unspecified atom stereocenters. The lowest BCUT2D eigenvalue weighted by molar-refractivity contribution is 0.112. The SMILES string of the molecule is CCCCCCCCn1c(-c2ccc(C)s2)cc(C=O)c1-c1ccc(C)s1. The molecule has 0 atom stereocenters. The Bertz CT molecular complexity index is 884. The Kier molecular flexibility index (Phi) is 7.08. The number of thiophene rings is 2. The van der Waals surface area contributed by atoms with Crippen molar-refractivity contribution >= 4 is 29.0 Å². The largest absolute Gasteiger partial charge is 0.339 e.